The van der Waals surface area contributed by atoms with Gasteiger partial charge in [-0.15, -0.1) is 30.0 Å². The Bertz CT molecular complexity index is 1660. The molecule has 3 aromatic carbocycles. The number of rotatable bonds is 9. The zero-order valence-electron chi connectivity index (χ0n) is 25.1. The zero-order chi connectivity index (χ0) is 32.1. The molecule has 1 aromatic heterocycles. The Kier molecular flexibility index (Phi) is 9.57. The summed E-state index contributed by atoms with van der Waals surface area (Å²) in [6, 6.07) is 18.6. The van der Waals surface area contributed by atoms with E-state index in [-0.39, 0.29) is 17.3 Å². The lowest BCUT2D eigenvalue weighted by Gasteiger charge is -2.29. The molecule has 1 aliphatic heterocycles. The number of urea groups is 1. The number of halogens is 3. The van der Waals surface area contributed by atoms with Crippen LogP contribution in [0, 0.1) is 0 Å². The number of alkyl halides is 3. The molecule has 13 heteroatoms. The highest BCUT2D eigenvalue weighted by atomic mass is 32.2. The molecule has 5 rings (SSSR count). The SMILES string of the molecule is COc1ccc(N2CCSC2NC(=O)N/C=C(\C)c2ccc(-c3ncn(-c4ccc(OC(F)(F)F)cc4)n3)cc2)c(C(C)C)c1. The molecule has 9 nitrogen and oxygen atoms in total. The normalized spacial score (nSPS) is 15.3. The lowest BCUT2D eigenvalue weighted by atomic mass is 10.00. The Morgan fingerprint density at radius 2 is 1.78 bits per heavy atom. The Morgan fingerprint density at radius 3 is 2.44 bits per heavy atom. The first-order valence-corrected chi connectivity index (χ1v) is 15.2. The van der Waals surface area contributed by atoms with Crippen LogP contribution in [0.5, 0.6) is 11.5 Å². The van der Waals surface area contributed by atoms with Gasteiger partial charge in [-0.25, -0.2) is 14.5 Å². The topological polar surface area (TPSA) is 93.5 Å². The maximum atomic E-state index is 12.9. The van der Waals surface area contributed by atoms with Crippen LogP contribution >= 0.6 is 11.8 Å². The summed E-state index contributed by atoms with van der Waals surface area (Å²) in [5.41, 5.74) is 5.08. The van der Waals surface area contributed by atoms with E-state index in [0.29, 0.717) is 17.4 Å². The number of methoxy groups -OCH3 is 1. The molecule has 45 heavy (non-hydrogen) atoms. The van der Waals surface area contributed by atoms with Crippen molar-refractivity contribution in [1.82, 2.24) is 25.4 Å². The van der Waals surface area contributed by atoms with Crippen molar-refractivity contribution in [2.45, 2.75) is 38.5 Å². The molecule has 0 spiro atoms. The number of carbonyl (C=O) groups excluding carboxylic acids is 1. The van der Waals surface area contributed by atoms with E-state index < -0.39 is 6.36 Å². The van der Waals surface area contributed by atoms with Gasteiger partial charge < -0.3 is 25.0 Å². The van der Waals surface area contributed by atoms with Crippen molar-refractivity contribution in [2.75, 3.05) is 24.3 Å². The van der Waals surface area contributed by atoms with Gasteiger partial charge in [0.1, 0.15) is 17.8 Å². The van der Waals surface area contributed by atoms with Gasteiger partial charge in [-0.1, -0.05) is 38.1 Å². The number of aromatic nitrogens is 3. The minimum absolute atomic E-state index is 0.206. The molecule has 2 amide bonds. The highest BCUT2D eigenvalue weighted by Gasteiger charge is 2.31. The lowest BCUT2D eigenvalue weighted by Crippen LogP contribution is -2.46. The van der Waals surface area contributed by atoms with E-state index in [0.717, 1.165) is 40.4 Å². The molecule has 1 saturated heterocycles. The zero-order valence-corrected chi connectivity index (χ0v) is 25.9. The maximum Gasteiger partial charge on any atom is 0.573 e. The molecule has 2 N–H and O–H groups in total. The van der Waals surface area contributed by atoms with Crippen molar-refractivity contribution in [2.24, 2.45) is 0 Å². The number of nitrogens with zero attached hydrogens (tertiary/aromatic N) is 4. The number of benzene rings is 3. The van der Waals surface area contributed by atoms with Crippen LogP contribution in [0.1, 0.15) is 37.8 Å². The molecule has 1 fully saturated rings. The van der Waals surface area contributed by atoms with Gasteiger partial charge in [0, 0.05) is 29.7 Å². The Balaban J connectivity index is 1.19. The summed E-state index contributed by atoms with van der Waals surface area (Å²) >= 11 is 1.68. The van der Waals surface area contributed by atoms with Crippen LogP contribution in [0.3, 0.4) is 0 Å². The van der Waals surface area contributed by atoms with Gasteiger partial charge in [-0.2, -0.15) is 0 Å². The molecular weight excluding hydrogens is 605 g/mol. The van der Waals surface area contributed by atoms with Gasteiger partial charge in [0.2, 0.25) is 0 Å². The summed E-state index contributed by atoms with van der Waals surface area (Å²) < 4.78 is 48.1. The number of thioether (sulfide) groups is 1. The van der Waals surface area contributed by atoms with Gasteiger partial charge in [0.05, 0.1) is 12.8 Å². The van der Waals surface area contributed by atoms with Crippen molar-refractivity contribution in [1.29, 1.82) is 0 Å². The monoisotopic (exact) mass is 638 g/mol. The fraction of sp³-hybridized carbons (Fsp3) is 0.281. The lowest BCUT2D eigenvalue weighted by molar-refractivity contribution is -0.274. The number of ether oxygens (including phenoxy) is 2. The third-order valence-corrected chi connectivity index (χ3v) is 8.26. The standard InChI is InChI=1S/C32H33F3N6O3S/c1-20(2)27-17-26(43-4)13-14-28(27)40-15-16-45-31(40)38-30(42)36-18-21(3)22-5-7-23(8-6-22)29-37-19-41(39-29)24-9-11-25(12-10-24)44-32(33,34)35/h5-14,17-20,31H,15-16H2,1-4H3,(H2,36,38,42)/b21-18+. The first-order chi connectivity index (χ1) is 21.5. The molecule has 2 heterocycles. The van der Waals surface area contributed by atoms with Crippen LogP contribution in [0.2, 0.25) is 0 Å². The summed E-state index contributed by atoms with van der Waals surface area (Å²) in [4.78, 5) is 19.4. The minimum Gasteiger partial charge on any atom is -0.497 e. The van der Waals surface area contributed by atoms with E-state index in [2.05, 4.69) is 56.3 Å². The predicted octanol–water partition coefficient (Wildman–Crippen LogP) is 7.16. The van der Waals surface area contributed by atoms with Crippen molar-refractivity contribution < 1.29 is 27.4 Å². The fourth-order valence-electron chi connectivity index (χ4n) is 4.83. The number of hydrogen-bond donors (Lipinski definition) is 2. The van der Waals surface area contributed by atoms with E-state index in [1.165, 1.54) is 40.8 Å². The molecule has 1 unspecified atom stereocenters. The van der Waals surface area contributed by atoms with Crippen molar-refractivity contribution in [3.8, 4) is 28.6 Å². The van der Waals surface area contributed by atoms with Crippen LogP contribution in [-0.4, -0.2) is 52.1 Å². The van der Waals surface area contributed by atoms with Crippen LogP contribution in [-0.2, 0) is 0 Å². The second kappa shape index (κ2) is 13.6. The third-order valence-electron chi connectivity index (χ3n) is 7.16. The molecule has 4 aromatic rings. The van der Waals surface area contributed by atoms with Gasteiger partial charge in [-0.05, 0) is 72.0 Å². The third kappa shape index (κ3) is 7.90. The van der Waals surface area contributed by atoms with E-state index >= 15 is 0 Å². The second-order valence-corrected chi connectivity index (χ2v) is 11.8. The van der Waals surface area contributed by atoms with Gasteiger partial charge in [0.15, 0.2) is 11.3 Å². The Hall–Kier alpha value is -4.65. The largest absolute Gasteiger partial charge is 0.573 e. The van der Waals surface area contributed by atoms with E-state index in [4.69, 9.17) is 4.74 Å². The fourth-order valence-corrected chi connectivity index (χ4v) is 5.95. The van der Waals surface area contributed by atoms with Crippen molar-refractivity contribution in [3.05, 3.63) is 90.4 Å². The summed E-state index contributed by atoms with van der Waals surface area (Å²) in [6.07, 6.45) is -1.60. The highest BCUT2D eigenvalue weighted by Crippen LogP contribution is 2.36. The smallest absolute Gasteiger partial charge is 0.497 e. The highest BCUT2D eigenvalue weighted by molar-refractivity contribution is 8.00. The van der Waals surface area contributed by atoms with Crippen molar-refractivity contribution in [3.63, 3.8) is 0 Å². The maximum absolute atomic E-state index is 12.9. The number of allylic oxidation sites excluding steroid dienone is 1. The number of amides is 2. The summed E-state index contributed by atoms with van der Waals surface area (Å²) in [5, 5.41) is 10.4. The van der Waals surface area contributed by atoms with Gasteiger partial charge in [0.25, 0.3) is 0 Å². The minimum atomic E-state index is -4.75. The quantitative estimate of drug-likeness (QED) is 0.201. The molecule has 1 aliphatic rings. The molecule has 0 saturated carbocycles. The molecular formula is C32H33F3N6O3S. The average Bonchev–Trinajstić information content (AvgIpc) is 3.69. The number of nitrogens with one attached hydrogen (secondary N) is 2. The molecule has 1 atom stereocenters. The van der Waals surface area contributed by atoms with Crippen LogP contribution in [0.25, 0.3) is 22.6 Å². The van der Waals surface area contributed by atoms with E-state index in [9.17, 15) is 18.0 Å². The number of anilines is 1. The molecule has 0 bridgehead atoms. The predicted molar refractivity (Wildman–Crippen MR) is 169 cm³/mol. The number of hydrogen-bond acceptors (Lipinski definition) is 7. The Labute approximate surface area is 263 Å². The van der Waals surface area contributed by atoms with E-state index in [1.54, 1.807) is 25.1 Å². The molecule has 0 radical (unpaired) electrons. The molecule has 236 valence electrons. The first-order valence-electron chi connectivity index (χ1n) is 14.2. The summed E-state index contributed by atoms with van der Waals surface area (Å²) in [5.74, 6) is 2.13. The summed E-state index contributed by atoms with van der Waals surface area (Å²) in [6.45, 7) is 7.00. The first kappa shape index (κ1) is 31.8. The number of carbonyl (C=O) groups is 1. The summed E-state index contributed by atoms with van der Waals surface area (Å²) in [7, 11) is 1.66. The van der Waals surface area contributed by atoms with Gasteiger partial charge in [-0.3, -0.25) is 0 Å². The van der Waals surface area contributed by atoms with Crippen LogP contribution in [0.4, 0.5) is 23.7 Å². The second-order valence-electron chi connectivity index (χ2n) is 10.6. The average molecular weight is 639 g/mol. The van der Waals surface area contributed by atoms with Crippen LogP contribution in [0.15, 0.2) is 79.3 Å². The van der Waals surface area contributed by atoms with E-state index in [1.807, 2.05) is 37.3 Å². The molecule has 0 aliphatic carbocycles. The van der Waals surface area contributed by atoms with Crippen LogP contribution < -0.4 is 25.0 Å². The van der Waals surface area contributed by atoms with Crippen molar-refractivity contribution >= 4 is 29.1 Å². The Morgan fingerprint density at radius 1 is 1.07 bits per heavy atom. The van der Waals surface area contributed by atoms with Gasteiger partial charge >= 0.3 is 12.4 Å².